The number of rotatable bonds is 2. The van der Waals surface area contributed by atoms with Crippen molar-refractivity contribution < 1.29 is 0 Å². The van der Waals surface area contributed by atoms with E-state index in [9.17, 15) is 0 Å². The Morgan fingerprint density at radius 3 is 2.84 bits per heavy atom. The first kappa shape index (κ1) is 10.3. The van der Waals surface area contributed by atoms with Crippen LogP contribution >= 0.6 is 0 Å². The zero-order valence-electron chi connectivity index (χ0n) is 10.2. The molecule has 4 heteroatoms. The smallest absolute Gasteiger partial charge is 0.113 e. The highest BCUT2D eigenvalue weighted by Gasteiger charge is 2.07. The molecule has 19 heavy (non-hydrogen) atoms. The number of para-hydroxylation sites is 2. The Morgan fingerprint density at radius 1 is 1.00 bits per heavy atom. The van der Waals surface area contributed by atoms with Crippen molar-refractivity contribution in [2.24, 2.45) is 0 Å². The minimum absolute atomic E-state index is 0.727. The van der Waals surface area contributed by atoms with Gasteiger partial charge in [-0.25, -0.2) is 4.68 Å². The Bertz CT molecular complexity index is 784. The standard InChI is InChI=1S/C15H12N4/c1-2-6-13-12(5-1)11(9-16-13)10-19-15-8-4-3-7-14(15)17-18-19/h1-9,16H,10H2. The van der Waals surface area contributed by atoms with E-state index in [0.717, 1.165) is 23.1 Å². The summed E-state index contributed by atoms with van der Waals surface area (Å²) in [7, 11) is 0. The third kappa shape index (κ3) is 1.61. The number of aromatic nitrogens is 4. The minimum atomic E-state index is 0.727. The molecule has 2 heterocycles. The van der Waals surface area contributed by atoms with Crippen LogP contribution in [0.25, 0.3) is 21.9 Å². The second-order valence-electron chi connectivity index (χ2n) is 4.60. The number of aromatic amines is 1. The fourth-order valence-corrected chi connectivity index (χ4v) is 2.46. The molecular weight excluding hydrogens is 236 g/mol. The largest absolute Gasteiger partial charge is 0.361 e. The van der Waals surface area contributed by atoms with Crippen molar-refractivity contribution in [1.82, 2.24) is 20.0 Å². The lowest BCUT2D eigenvalue weighted by Crippen LogP contribution is -2.01. The summed E-state index contributed by atoms with van der Waals surface area (Å²) in [5, 5.41) is 9.65. The Morgan fingerprint density at radius 2 is 1.84 bits per heavy atom. The highest BCUT2D eigenvalue weighted by atomic mass is 15.4. The average Bonchev–Trinajstić information content (AvgIpc) is 3.05. The lowest BCUT2D eigenvalue weighted by atomic mass is 10.2. The normalized spacial score (nSPS) is 11.4. The second-order valence-corrected chi connectivity index (χ2v) is 4.60. The zero-order chi connectivity index (χ0) is 12.7. The minimum Gasteiger partial charge on any atom is -0.361 e. The van der Waals surface area contributed by atoms with Crippen LogP contribution in [0.4, 0.5) is 0 Å². The van der Waals surface area contributed by atoms with E-state index in [0.29, 0.717) is 0 Å². The molecule has 0 saturated carbocycles. The van der Waals surface area contributed by atoms with Crippen molar-refractivity contribution in [1.29, 1.82) is 0 Å². The van der Waals surface area contributed by atoms with Gasteiger partial charge in [0.1, 0.15) is 5.52 Å². The van der Waals surface area contributed by atoms with Crippen molar-refractivity contribution in [2.45, 2.75) is 6.54 Å². The molecule has 0 atom stereocenters. The molecular formula is C15H12N4. The molecule has 92 valence electrons. The van der Waals surface area contributed by atoms with Gasteiger partial charge >= 0.3 is 0 Å². The number of nitrogens with one attached hydrogen (secondary N) is 1. The van der Waals surface area contributed by atoms with Gasteiger partial charge in [0.05, 0.1) is 12.1 Å². The van der Waals surface area contributed by atoms with Crippen molar-refractivity contribution in [3.63, 3.8) is 0 Å². The van der Waals surface area contributed by atoms with Crippen LogP contribution in [-0.4, -0.2) is 20.0 Å². The van der Waals surface area contributed by atoms with Crippen LogP contribution in [0.15, 0.2) is 54.7 Å². The fraction of sp³-hybridized carbons (Fsp3) is 0.0667. The number of nitrogens with zero attached hydrogens (tertiary/aromatic N) is 3. The highest BCUT2D eigenvalue weighted by Crippen LogP contribution is 2.20. The lowest BCUT2D eigenvalue weighted by Gasteiger charge is -2.01. The molecule has 4 nitrogen and oxygen atoms in total. The van der Waals surface area contributed by atoms with Gasteiger partial charge in [0, 0.05) is 17.1 Å². The monoisotopic (exact) mass is 248 g/mol. The van der Waals surface area contributed by atoms with Gasteiger partial charge < -0.3 is 4.98 Å². The number of hydrogen-bond donors (Lipinski definition) is 1. The quantitative estimate of drug-likeness (QED) is 0.593. The summed E-state index contributed by atoms with van der Waals surface area (Å²) in [6.45, 7) is 0.727. The first-order valence-corrected chi connectivity index (χ1v) is 6.25. The second kappa shape index (κ2) is 3.95. The maximum Gasteiger partial charge on any atom is 0.113 e. The van der Waals surface area contributed by atoms with Crippen LogP contribution < -0.4 is 0 Å². The third-order valence-corrected chi connectivity index (χ3v) is 3.42. The highest BCUT2D eigenvalue weighted by molar-refractivity contribution is 5.83. The fourth-order valence-electron chi connectivity index (χ4n) is 2.46. The van der Waals surface area contributed by atoms with E-state index < -0.39 is 0 Å². The van der Waals surface area contributed by atoms with Gasteiger partial charge in [-0.3, -0.25) is 0 Å². The van der Waals surface area contributed by atoms with Gasteiger partial charge in [-0.15, -0.1) is 5.10 Å². The summed E-state index contributed by atoms with van der Waals surface area (Å²) in [5.41, 5.74) is 4.38. The summed E-state index contributed by atoms with van der Waals surface area (Å²) in [5.74, 6) is 0. The number of benzene rings is 2. The molecule has 0 fully saturated rings. The molecule has 0 aliphatic heterocycles. The molecule has 0 amide bonds. The predicted molar refractivity (Wildman–Crippen MR) is 74.9 cm³/mol. The average molecular weight is 248 g/mol. The summed E-state index contributed by atoms with van der Waals surface area (Å²) in [6, 6.07) is 16.3. The zero-order valence-corrected chi connectivity index (χ0v) is 10.2. The van der Waals surface area contributed by atoms with Gasteiger partial charge in [-0.1, -0.05) is 35.5 Å². The first-order chi connectivity index (χ1) is 9.42. The van der Waals surface area contributed by atoms with Gasteiger partial charge in [0.2, 0.25) is 0 Å². The van der Waals surface area contributed by atoms with Gasteiger partial charge in [0.25, 0.3) is 0 Å². The predicted octanol–water partition coefficient (Wildman–Crippen LogP) is 2.96. The first-order valence-electron chi connectivity index (χ1n) is 6.25. The molecule has 0 aliphatic carbocycles. The molecule has 0 aliphatic rings. The van der Waals surface area contributed by atoms with E-state index in [2.05, 4.69) is 33.5 Å². The number of hydrogen-bond acceptors (Lipinski definition) is 2. The SMILES string of the molecule is c1ccc2c(c1)nnn2Cc1c[nH]c2ccccc12. The summed E-state index contributed by atoms with van der Waals surface area (Å²) >= 11 is 0. The Balaban J connectivity index is 1.82. The molecule has 0 spiro atoms. The molecule has 4 rings (SSSR count). The molecule has 2 aromatic heterocycles. The van der Waals surface area contributed by atoms with Crippen LogP contribution in [0.2, 0.25) is 0 Å². The molecule has 2 aromatic carbocycles. The van der Waals surface area contributed by atoms with E-state index in [-0.39, 0.29) is 0 Å². The summed E-state index contributed by atoms with van der Waals surface area (Å²) in [6.07, 6.45) is 2.04. The van der Waals surface area contributed by atoms with E-state index in [1.54, 1.807) is 0 Å². The Kier molecular flexibility index (Phi) is 2.14. The topological polar surface area (TPSA) is 46.5 Å². The van der Waals surface area contributed by atoms with Crippen molar-refractivity contribution in [3.8, 4) is 0 Å². The van der Waals surface area contributed by atoms with Crippen LogP contribution in [0.3, 0.4) is 0 Å². The van der Waals surface area contributed by atoms with Crippen molar-refractivity contribution in [3.05, 3.63) is 60.3 Å². The lowest BCUT2D eigenvalue weighted by molar-refractivity contribution is 0.672. The molecule has 1 N–H and O–H groups in total. The van der Waals surface area contributed by atoms with E-state index in [1.165, 1.54) is 10.9 Å². The van der Waals surface area contributed by atoms with Crippen molar-refractivity contribution in [2.75, 3.05) is 0 Å². The van der Waals surface area contributed by atoms with Crippen LogP contribution in [-0.2, 0) is 6.54 Å². The van der Waals surface area contributed by atoms with Gasteiger partial charge in [0.15, 0.2) is 0 Å². The van der Waals surface area contributed by atoms with E-state index in [4.69, 9.17) is 0 Å². The van der Waals surface area contributed by atoms with Gasteiger partial charge in [-0.05, 0) is 23.8 Å². The van der Waals surface area contributed by atoms with Crippen LogP contribution in [0, 0.1) is 0 Å². The summed E-state index contributed by atoms with van der Waals surface area (Å²) in [4.78, 5) is 3.29. The molecule has 0 saturated heterocycles. The number of H-pyrrole nitrogens is 1. The summed E-state index contributed by atoms with van der Waals surface area (Å²) < 4.78 is 1.94. The Labute approximate surface area is 109 Å². The van der Waals surface area contributed by atoms with Gasteiger partial charge in [-0.2, -0.15) is 0 Å². The molecule has 0 bridgehead atoms. The van der Waals surface area contributed by atoms with E-state index >= 15 is 0 Å². The molecule has 0 unspecified atom stereocenters. The number of fused-ring (bicyclic) bond motifs is 2. The van der Waals surface area contributed by atoms with Crippen LogP contribution in [0.1, 0.15) is 5.56 Å². The maximum atomic E-state index is 4.23. The molecule has 0 radical (unpaired) electrons. The van der Waals surface area contributed by atoms with E-state index in [1.807, 2.05) is 41.2 Å². The Hall–Kier alpha value is -2.62. The maximum absolute atomic E-state index is 4.23. The molecule has 4 aromatic rings. The third-order valence-electron chi connectivity index (χ3n) is 3.42. The van der Waals surface area contributed by atoms with Crippen molar-refractivity contribution >= 4 is 21.9 Å². The van der Waals surface area contributed by atoms with Crippen LogP contribution in [0.5, 0.6) is 0 Å².